The first-order chi connectivity index (χ1) is 3.77. The van der Waals surface area contributed by atoms with E-state index in [9.17, 15) is 4.79 Å². The van der Waals surface area contributed by atoms with E-state index < -0.39 is 0 Å². The zero-order valence-electron chi connectivity index (χ0n) is 4.69. The third kappa shape index (κ3) is 6.14. The van der Waals surface area contributed by atoms with Crippen LogP contribution in [0.15, 0.2) is 10.2 Å². The molecule has 0 rings (SSSR count). The van der Waals surface area contributed by atoms with Gasteiger partial charge in [0.25, 0.3) is 0 Å². The highest BCUT2D eigenvalue weighted by molar-refractivity contribution is 14.1. The molecule has 0 amide bonds. The fraction of sp³-hybridized carbons (Fsp3) is 0.500. The van der Waals surface area contributed by atoms with Gasteiger partial charge in [-0.25, -0.2) is 0 Å². The van der Waals surface area contributed by atoms with Crippen LogP contribution < -0.4 is 0 Å². The van der Waals surface area contributed by atoms with Gasteiger partial charge in [-0.15, -0.1) is 0 Å². The van der Waals surface area contributed by atoms with Crippen molar-refractivity contribution in [3.05, 3.63) is 10.2 Å². The van der Waals surface area contributed by atoms with Crippen LogP contribution >= 0.6 is 22.6 Å². The summed E-state index contributed by atoms with van der Waals surface area (Å²) in [5.74, 6) is 0. The molecule has 0 aromatic rings. The first kappa shape index (κ1) is 8.14. The lowest BCUT2D eigenvalue weighted by Crippen LogP contribution is -1.75. The third-order valence-corrected chi connectivity index (χ3v) is 1.31. The standard InChI is InChI=1S/C6H9IO/c1-6(7)4-2-3-5-8/h5H,1-4H2. The molecule has 0 bridgehead atoms. The monoisotopic (exact) mass is 224 g/mol. The van der Waals surface area contributed by atoms with Gasteiger partial charge in [-0.1, -0.05) is 6.58 Å². The Hall–Kier alpha value is 0.140. The van der Waals surface area contributed by atoms with Crippen LogP contribution in [0.3, 0.4) is 0 Å². The lowest BCUT2D eigenvalue weighted by atomic mass is 10.2. The molecule has 0 radical (unpaired) electrons. The van der Waals surface area contributed by atoms with E-state index in [1.165, 1.54) is 0 Å². The van der Waals surface area contributed by atoms with E-state index in [2.05, 4.69) is 29.2 Å². The van der Waals surface area contributed by atoms with E-state index in [0.717, 1.165) is 22.7 Å². The average molecular weight is 224 g/mol. The molecule has 0 unspecified atom stereocenters. The molecule has 0 saturated heterocycles. The van der Waals surface area contributed by atoms with Crippen molar-refractivity contribution in [3.8, 4) is 0 Å². The Balaban J connectivity index is 2.93. The number of hydrogen-bond donors (Lipinski definition) is 0. The van der Waals surface area contributed by atoms with E-state index >= 15 is 0 Å². The van der Waals surface area contributed by atoms with Gasteiger partial charge in [0.2, 0.25) is 0 Å². The summed E-state index contributed by atoms with van der Waals surface area (Å²) in [4.78, 5) is 9.75. The minimum atomic E-state index is 0.669. The van der Waals surface area contributed by atoms with Gasteiger partial charge in [0.1, 0.15) is 6.29 Å². The van der Waals surface area contributed by atoms with Crippen LogP contribution in [0, 0.1) is 0 Å². The van der Waals surface area contributed by atoms with Crippen molar-refractivity contribution in [1.29, 1.82) is 0 Å². The Bertz CT molecular complexity index is 88.5. The fourth-order valence-corrected chi connectivity index (χ4v) is 0.759. The summed E-state index contributed by atoms with van der Waals surface area (Å²) < 4.78 is 1.13. The average Bonchev–Trinajstić information content (AvgIpc) is 1.66. The zero-order valence-corrected chi connectivity index (χ0v) is 6.85. The first-order valence-electron chi connectivity index (χ1n) is 2.54. The van der Waals surface area contributed by atoms with Crippen LogP contribution in [0.4, 0.5) is 0 Å². The van der Waals surface area contributed by atoms with Crippen molar-refractivity contribution in [3.63, 3.8) is 0 Å². The van der Waals surface area contributed by atoms with Crippen molar-refractivity contribution in [1.82, 2.24) is 0 Å². The number of unbranched alkanes of at least 4 members (excludes halogenated alkanes) is 1. The van der Waals surface area contributed by atoms with Crippen molar-refractivity contribution < 1.29 is 4.79 Å². The molecular formula is C6H9IO. The smallest absolute Gasteiger partial charge is 0.120 e. The highest BCUT2D eigenvalue weighted by Crippen LogP contribution is 2.10. The second kappa shape index (κ2) is 5.28. The van der Waals surface area contributed by atoms with Crippen LogP contribution in [-0.2, 0) is 4.79 Å². The molecule has 46 valence electrons. The molecule has 0 atom stereocenters. The van der Waals surface area contributed by atoms with Gasteiger partial charge < -0.3 is 4.79 Å². The minimum Gasteiger partial charge on any atom is -0.303 e. The molecule has 0 N–H and O–H groups in total. The Morgan fingerprint density at radius 1 is 1.75 bits per heavy atom. The summed E-state index contributed by atoms with van der Waals surface area (Å²) in [6, 6.07) is 0. The van der Waals surface area contributed by atoms with Crippen molar-refractivity contribution in [2.45, 2.75) is 19.3 Å². The molecule has 2 heteroatoms. The van der Waals surface area contributed by atoms with Crippen molar-refractivity contribution in [2.24, 2.45) is 0 Å². The molecule has 0 aliphatic rings. The molecule has 1 nitrogen and oxygen atoms in total. The van der Waals surface area contributed by atoms with Crippen molar-refractivity contribution in [2.75, 3.05) is 0 Å². The molecule has 0 aliphatic carbocycles. The van der Waals surface area contributed by atoms with Crippen LogP contribution in [-0.4, -0.2) is 6.29 Å². The molecule has 0 spiro atoms. The second-order valence-electron chi connectivity index (χ2n) is 1.58. The van der Waals surface area contributed by atoms with Gasteiger partial charge in [-0.05, 0) is 39.0 Å². The van der Waals surface area contributed by atoms with Gasteiger partial charge in [0.05, 0.1) is 0 Å². The van der Waals surface area contributed by atoms with Gasteiger partial charge in [0, 0.05) is 6.42 Å². The lowest BCUT2D eigenvalue weighted by molar-refractivity contribution is -0.107. The van der Waals surface area contributed by atoms with E-state index in [1.54, 1.807) is 0 Å². The predicted molar refractivity (Wildman–Crippen MR) is 43.1 cm³/mol. The summed E-state index contributed by atoms with van der Waals surface area (Å²) in [7, 11) is 0. The number of halogens is 1. The van der Waals surface area contributed by atoms with E-state index in [0.29, 0.717) is 6.42 Å². The Labute approximate surface area is 63.3 Å². The largest absolute Gasteiger partial charge is 0.303 e. The highest BCUT2D eigenvalue weighted by atomic mass is 127. The summed E-state index contributed by atoms with van der Waals surface area (Å²) in [6.45, 7) is 3.70. The Morgan fingerprint density at radius 2 is 2.38 bits per heavy atom. The van der Waals surface area contributed by atoms with E-state index in [4.69, 9.17) is 0 Å². The number of carbonyl (C=O) groups excluding carboxylic acids is 1. The minimum absolute atomic E-state index is 0.669. The van der Waals surface area contributed by atoms with Crippen LogP contribution in [0.25, 0.3) is 0 Å². The normalized spacial score (nSPS) is 8.62. The molecule has 0 saturated carbocycles. The summed E-state index contributed by atoms with van der Waals surface area (Å²) in [6.07, 6.45) is 3.53. The maximum atomic E-state index is 9.75. The van der Waals surface area contributed by atoms with Gasteiger partial charge in [-0.2, -0.15) is 0 Å². The van der Waals surface area contributed by atoms with E-state index in [-0.39, 0.29) is 0 Å². The van der Waals surface area contributed by atoms with Gasteiger partial charge in [0.15, 0.2) is 0 Å². The maximum absolute atomic E-state index is 9.75. The summed E-state index contributed by atoms with van der Waals surface area (Å²) >= 11 is 2.17. The summed E-state index contributed by atoms with van der Waals surface area (Å²) in [5, 5.41) is 0. The Kier molecular flexibility index (Phi) is 5.37. The molecule has 0 aliphatic heterocycles. The van der Waals surface area contributed by atoms with Crippen molar-refractivity contribution >= 4 is 28.9 Å². The first-order valence-corrected chi connectivity index (χ1v) is 3.62. The van der Waals surface area contributed by atoms with Gasteiger partial charge >= 0.3 is 0 Å². The number of carbonyl (C=O) groups is 1. The van der Waals surface area contributed by atoms with Crippen LogP contribution in [0.5, 0.6) is 0 Å². The quantitative estimate of drug-likeness (QED) is 0.406. The second-order valence-corrected chi connectivity index (χ2v) is 3.10. The number of aldehydes is 1. The number of allylic oxidation sites excluding steroid dienone is 1. The SMILES string of the molecule is C=C(I)CCCC=O. The molecular weight excluding hydrogens is 215 g/mol. The van der Waals surface area contributed by atoms with Gasteiger partial charge in [-0.3, -0.25) is 0 Å². The van der Waals surface area contributed by atoms with Crippen LogP contribution in [0.2, 0.25) is 0 Å². The molecule has 0 aromatic carbocycles. The number of rotatable bonds is 4. The lowest BCUT2D eigenvalue weighted by Gasteiger charge is -1.89. The van der Waals surface area contributed by atoms with E-state index in [1.807, 2.05) is 0 Å². The summed E-state index contributed by atoms with van der Waals surface area (Å²) in [5.41, 5.74) is 0. The predicted octanol–water partition coefficient (Wildman–Crippen LogP) is 2.30. The highest BCUT2D eigenvalue weighted by Gasteiger charge is 1.86. The fourth-order valence-electron chi connectivity index (χ4n) is 0.377. The molecule has 8 heavy (non-hydrogen) atoms. The molecule has 0 fully saturated rings. The number of hydrogen-bond acceptors (Lipinski definition) is 1. The molecule has 0 aromatic heterocycles. The third-order valence-electron chi connectivity index (χ3n) is 0.770. The van der Waals surface area contributed by atoms with Crippen LogP contribution in [0.1, 0.15) is 19.3 Å². The zero-order chi connectivity index (χ0) is 6.41. The maximum Gasteiger partial charge on any atom is 0.120 e. The Morgan fingerprint density at radius 3 is 2.75 bits per heavy atom. The topological polar surface area (TPSA) is 17.1 Å². The molecule has 0 heterocycles.